The quantitative estimate of drug-likeness (QED) is 0.185. The van der Waals surface area contributed by atoms with Gasteiger partial charge in [-0.1, -0.05) is 6.07 Å². The maximum Gasteiger partial charge on any atom is 0.460 e. The number of alkyl halides is 21. The van der Waals surface area contributed by atoms with Crippen LogP contribution in [0.4, 0.5) is 92.2 Å². The number of hydrogen-bond donors (Lipinski definition) is 1. The van der Waals surface area contributed by atoms with Crippen molar-refractivity contribution in [3.05, 3.63) is 28.8 Å². The van der Waals surface area contributed by atoms with Crippen molar-refractivity contribution in [3.8, 4) is 0 Å². The molecule has 26 heteroatoms. The van der Waals surface area contributed by atoms with Crippen molar-refractivity contribution >= 4 is 39.7 Å². The molecule has 0 atom stereocenters. The SMILES string of the molecule is O=S(=O)(O)c1ccc(C(F)(F)C(F)(F)C(F)(F)F)c(C(F)(F)C(F)(F)C(F)(F)F)c1C(F)(F)C(F)(F)C(F)(F)F.[Na]. The Labute approximate surface area is 232 Å². The molecular formula is C15H3F21NaO3S. The minimum Gasteiger partial charge on any atom is -0.282 e. The van der Waals surface area contributed by atoms with Gasteiger partial charge in [0.2, 0.25) is 0 Å². The van der Waals surface area contributed by atoms with Crippen LogP contribution in [0.3, 0.4) is 0 Å². The van der Waals surface area contributed by atoms with Crippen LogP contribution in [0.5, 0.6) is 0 Å². The molecule has 0 aliphatic carbocycles. The average molecular weight is 685 g/mol. The first kappa shape index (κ1) is 39.7. The van der Waals surface area contributed by atoms with Crippen molar-refractivity contribution in [2.75, 3.05) is 0 Å². The summed E-state index contributed by atoms with van der Waals surface area (Å²) in [5, 5.41) is 0. The zero-order valence-electron chi connectivity index (χ0n) is 18.3. The molecular weight excluding hydrogens is 682 g/mol. The minimum atomic E-state index is -8.30. The van der Waals surface area contributed by atoms with E-state index in [9.17, 15) is 101 Å². The van der Waals surface area contributed by atoms with Crippen molar-refractivity contribution in [1.82, 2.24) is 0 Å². The van der Waals surface area contributed by atoms with Crippen LogP contribution in [0.1, 0.15) is 16.7 Å². The summed E-state index contributed by atoms with van der Waals surface area (Å²) in [5.41, 5.74) is -14.7. The molecule has 0 amide bonds. The van der Waals surface area contributed by atoms with Gasteiger partial charge in [-0.25, -0.2) is 0 Å². The van der Waals surface area contributed by atoms with E-state index in [0.717, 1.165) is 0 Å². The van der Waals surface area contributed by atoms with Gasteiger partial charge in [0.1, 0.15) is 4.90 Å². The van der Waals surface area contributed by atoms with E-state index in [2.05, 4.69) is 0 Å². The molecule has 1 aromatic carbocycles. The van der Waals surface area contributed by atoms with Gasteiger partial charge < -0.3 is 0 Å². The van der Waals surface area contributed by atoms with E-state index in [1.165, 1.54) is 0 Å². The number of halogens is 21. The smallest absolute Gasteiger partial charge is 0.282 e. The molecule has 0 fully saturated rings. The number of rotatable bonds is 7. The van der Waals surface area contributed by atoms with Crippen LogP contribution in [0.25, 0.3) is 0 Å². The van der Waals surface area contributed by atoms with Gasteiger partial charge in [-0.05, 0) is 6.07 Å². The van der Waals surface area contributed by atoms with E-state index < -0.39 is 97.9 Å². The first-order valence-corrected chi connectivity index (χ1v) is 10.0. The van der Waals surface area contributed by atoms with E-state index in [-0.39, 0.29) is 29.6 Å². The molecule has 3 nitrogen and oxygen atoms in total. The Balaban J connectivity index is 0.0000160. The Hall–Kier alpha value is -1.34. The van der Waals surface area contributed by atoms with E-state index in [0.29, 0.717) is 0 Å². The van der Waals surface area contributed by atoms with Crippen LogP contribution in [0.2, 0.25) is 0 Å². The molecule has 0 aliphatic heterocycles. The fourth-order valence-corrected chi connectivity index (χ4v) is 3.44. The molecule has 0 unspecified atom stereocenters. The summed E-state index contributed by atoms with van der Waals surface area (Å²) >= 11 is 0. The third kappa shape index (κ3) is 5.92. The summed E-state index contributed by atoms with van der Waals surface area (Å²) in [6, 6.07) is -3.30. The number of hydrogen-bond acceptors (Lipinski definition) is 2. The molecule has 1 radical (unpaired) electrons. The molecule has 1 rings (SSSR count). The molecule has 0 saturated carbocycles. The summed E-state index contributed by atoms with van der Waals surface area (Å²) < 4.78 is 312. The predicted molar refractivity (Wildman–Crippen MR) is 86.7 cm³/mol. The summed E-state index contributed by atoms with van der Waals surface area (Å²) in [6.07, 6.45) is -23.7. The van der Waals surface area contributed by atoms with Gasteiger partial charge >= 0.3 is 54.1 Å². The zero-order valence-corrected chi connectivity index (χ0v) is 21.1. The maximum atomic E-state index is 14.5. The van der Waals surface area contributed by atoms with Gasteiger partial charge in [-0.15, -0.1) is 0 Å². The van der Waals surface area contributed by atoms with E-state index in [1.807, 2.05) is 0 Å². The predicted octanol–water partition coefficient (Wildman–Crippen LogP) is 7.42. The molecule has 1 N–H and O–H groups in total. The molecule has 41 heavy (non-hydrogen) atoms. The summed E-state index contributed by atoms with van der Waals surface area (Å²) in [6.45, 7) is 0. The molecule has 0 bridgehead atoms. The van der Waals surface area contributed by atoms with Crippen molar-refractivity contribution in [1.29, 1.82) is 0 Å². The Morgan fingerprint density at radius 1 is 0.463 bits per heavy atom. The van der Waals surface area contributed by atoms with Gasteiger partial charge in [-0.2, -0.15) is 101 Å². The van der Waals surface area contributed by atoms with Crippen LogP contribution in [0.15, 0.2) is 17.0 Å². The second kappa shape index (κ2) is 10.4. The van der Waals surface area contributed by atoms with Gasteiger partial charge in [0.05, 0.1) is 5.56 Å². The summed E-state index contributed by atoms with van der Waals surface area (Å²) in [5.74, 6) is -48.7. The molecule has 0 aromatic heterocycles. The second-order valence-electron chi connectivity index (χ2n) is 7.28. The van der Waals surface area contributed by atoms with Gasteiger partial charge in [0.25, 0.3) is 10.1 Å². The van der Waals surface area contributed by atoms with Gasteiger partial charge in [0.15, 0.2) is 0 Å². The molecule has 0 saturated heterocycles. The summed E-state index contributed by atoms with van der Waals surface area (Å²) in [7, 11) is -7.21. The van der Waals surface area contributed by atoms with Gasteiger partial charge in [-0.3, -0.25) is 4.55 Å². The normalized spacial score (nSPS) is 15.6. The van der Waals surface area contributed by atoms with Crippen LogP contribution < -0.4 is 0 Å². The monoisotopic (exact) mass is 685 g/mol. The van der Waals surface area contributed by atoms with Crippen LogP contribution in [-0.4, -0.2) is 78.8 Å². The second-order valence-corrected chi connectivity index (χ2v) is 8.67. The first-order valence-electron chi connectivity index (χ1n) is 8.60. The summed E-state index contributed by atoms with van der Waals surface area (Å²) in [4.78, 5) is -3.73. The zero-order chi connectivity index (χ0) is 32.7. The largest absolute Gasteiger partial charge is 0.460 e. The third-order valence-corrected chi connectivity index (χ3v) is 5.56. The third-order valence-electron chi connectivity index (χ3n) is 4.66. The Kier molecular flexibility index (Phi) is 10.0. The maximum absolute atomic E-state index is 14.5. The van der Waals surface area contributed by atoms with Crippen LogP contribution in [0, 0.1) is 0 Å². The van der Waals surface area contributed by atoms with Crippen molar-refractivity contribution in [3.63, 3.8) is 0 Å². The fraction of sp³-hybridized carbons (Fsp3) is 0.600. The Morgan fingerprint density at radius 3 is 1.00 bits per heavy atom. The molecule has 235 valence electrons. The molecule has 0 heterocycles. The van der Waals surface area contributed by atoms with Crippen molar-refractivity contribution in [2.45, 2.75) is 59.0 Å². The Bertz CT molecular complexity index is 1240. The van der Waals surface area contributed by atoms with Crippen molar-refractivity contribution in [2.24, 2.45) is 0 Å². The van der Waals surface area contributed by atoms with Gasteiger partial charge in [0, 0.05) is 40.7 Å². The minimum absolute atomic E-state index is 0. The molecule has 0 spiro atoms. The topological polar surface area (TPSA) is 54.4 Å². The standard InChI is InChI=1S/C15H3F21O3S.Na/c16-7(17,10(22,23)13(28,29)30)3-1-2-4(40(37,38)39)6(9(20,21)12(26,27)15(34,35)36)5(3)8(18,19)11(24,25)14(31,32)33;/h1-2H,(H,37,38,39);. The number of benzene rings is 1. The average Bonchev–Trinajstić information content (AvgIpc) is 2.68. The first-order chi connectivity index (χ1) is 17.0. The van der Waals surface area contributed by atoms with E-state index in [1.54, 1.807) is 0 Å². The van der Waals surface area contributed by atoms with Crippen molar-refractivity contribution < 1.29 is 105 Å². The van der Waals surface area contributed by atoms with Crippen LogP contribution in [-0.2, 0) is 27.9 Å². The van der Waals surface area contributed by atoms with E-state index >= 15 is 0 Å². The Morgan fingerprint density at radius 2 is 0.732 bits per heavy atom. The van der Waals surface area contributed by atoms with E-state index in [4.69, 9.17) is 4.55 Å². The van der Waals surface area contributed by atoms with Crippen LogP contribution >= 0.6 is 0 Å². The molecule has 1 aromatic rings. The fourth-order valence-electron chi connectivity index (χ4n) is 2.72. The molecule has 0 aliphatic rings.